The number of carbonyl (C=O) groups excluding carboxylic acids is 1. The van der Waals surface area contributed by atoms with E-state index in [1.165, 1.54) is 18.2 Å². The summed E-state index contributed by atoms with van der Waals surface area (Å²) in [6, 6.07) is 14.7. The van der Waals surface area contributed by atoms with Crippen LogP contribution in [-0.2, 0) is 9.84 Å². The van der Waals surface area contributed by atoms with Gasteiger partial charge in [-0.15, -0.1) is 0 Å². The monoisotopic (exact) mass is 446 g/mol. The normalized spacial score (nSPS) is 11.6. The summed E-state index contributed by atoms with van der Waals surface area (Å²) in [7, 11) is -4.07. The predicted molar refractivity (Wildman–Crippen MR) is 110 cm³/mol. The quantitative estimate of drug-likeness (QED) is 0.453. The zero-order valence-electron chi connectivity index (χ0n) is 15.1. The second-order valence-electron chi connectivity index (χ2n) is 6.41. The number of nitrogens with one attached hydrogen (secondary N) is 2. The van der Waals surface area contributed by atoms with Crippen molar-refractivity contribution in [2.24, 2.45) is 0 Å². The van der Waals surface area contributed by atoms with Crippen LogP contribution in [0.1, 0.15) is 10.4 Å². The number of hydrogen-bond acceptors (Lipinski definition) is 3. The standard InChI is InChI=1S/C21H13ClF2N2O3S/c22-12-6-9-18-16(10-12)19(30(28,29)14-4-2-1-3-5-14)20(25-18)26-21(27)15-8-7-13(23)11-17(15)24/h1-11,25H,(H,26,27). The smallest absolute Gasteiger partial charge is 0.259 e. The molecule has 0 radical (unpaired) electrons. The van der Waals surface area contributed by atoms with Crippen molar-refractivity contribution in [3.05, 3.63) is 89.0 Å². The van der Waals surface area contributed by atoms with Gasteiger partial charge in [-0.3, -0.25) is 4.79 Å². The van der Waals surface area contributed by atoms with Crippen molar-refractivity contribution < 1.29 is 22.0 Å². The molecule has 2 N–H and O–H groups in total. The largest absolute Gasteiger partial charge is 0.340 e. The summed E-state index contributed by atoms with van der Waals surface area (Å²) in [6.07, 6.45) is 0. The lowest BCUT2D eigenvalue weighted by Gasteiger charge is -2.09. The lowest BCUT2D eigenvalue weighted by atomic mass is 10.2. The van der Waals surface area contributed by atoms with Gasteiger partial charge in [-0.2, -0.15) is 0 Å². The Hall–Kier alpha value is -3.23. The Bertz CT molecular complexity index is 1390. The molecule has 0 atom stereocenters. The minimum Gasteiger partial charge on any atom is -0.340 e. The lowest BCUT2D eigenvalue weighted by Crippen LogP contribution is -2.16. The highest BCUT2D eigenvalue weighted by Crippen LogP contribution is 2.36. The van der Waals surface area contributed by atoms with E-state index in [1.807, 2.05) is 0 Å². The van der Waals surface area contributed by atoms with Crippen molar-refractivity contribution in [3.63, 3.8) is 0 Å². The van der Waals surface area contributed by atoms with Gasteiger partial charge < -0.3 is 10.3 Å². The molecule has 5 nitrogen and oxygen atoms in total. The van der Waals surface area contributed by atoms with E-state index < -0.39 is 32.9 Å². The molecule has 0 bridgehead atoms. The SMILES string of the molecule is O=C(Nc1[nH]c2ccc(Cl)cc2c1S(=O)(=O)c1ccccc1)c1ccc(F)cc1F. The summed E-state index contributed by atoms with van der Waals surface area (Å²) >= 11 is 6.05. The van der Waals surface area contributed by atoms with Gasteiger partial charge in [-0.1, -0.05) is 29.8 Å². The van der Waals surface area contributed by atoms with E-state index >= 15 is 0 Å². The average Bonchev–Trinajstić information content (AvgIpc) is 3.06. The third-order valence-corrected chi connectivity index (χ3v) is 6.54. The maximum atomic E-state index is 14.0. The molecule has 0 aliphatic heterocycles. The van der Waals surface area contributed by atoms with Gasteiger partial charge in [-0.25, -0.2) is 17.2 Å². The molecule has 0 saturated carbocycles. The van der Waals surface area contributed by atoms with Gasteiger partial charge in [0.15, 0.2) is 0 Å². The number of aromatic nitrogens is 1. The number of fused-ring (bicyclic) bond motifs is 1. The zero-order valence-corrected chi connectivity index (χ0v) is 16.7. The van der Waals surface area contributed by atoms with Crippen LogP contribution in [0.15, 0.2) is 76.5 Å². The molecule has 0 aliphatic carbocycles. The maximum absolute atomic E-state index is 14.0. The molecule has 0 saturated heterocycles. The third-order valence-electron chi connectivity index (χ3n) is 4.45. The van der Waals surface area contributed by atoms with Crippen molar-refractivity contribution in [1.29, 1.82) is 0 Å². The molecule has 1 heterocycles. The summed E-state index contributed by atoms with van der Waals surface area (Å²) in [5.41, 5.74) is -0.0278. The summed E-state index contributed by atoms with van der Waals surface area (Å²) < 4.78 is 53.8. The van der Waals surface area contributed by atoms with E-state index in [1.54, 1.807) is 30.3 Å². The van der Waals surface area contributed by atoms with Gasteiger partial charge in [0.2, 0.25) is 9.84 Å². The van der Waals surface area contributed by atoms with Gasteiger partial charge in [0.05, 0.1) is 10.5 Å². The Morgan fingerprint density at radius 3 is 2.40 bits per heavy atom. The highest BCUT2D eigenvalue weighted by Gasteiger charge is 2.28. The van der Waals surface area contributed by atoms with Crippen LogP contribution in [0.3, 0.4) is 0 Å². The second kappa shape index (κ2) is 7.55. The van der Waals surface area contributed by atoms with E-state index in [4.69, 9.17) is 11.6 Å². The van der Waals surface area contributed by atoms with Gasteiger partial charge in [0.25, 0.3) is 5.91 Å². The molecule has 1 aromatic heterocycles. The number of anilines is 1. The van der Waals surface area contributed by atoms with Crippen molar-refractivity contribution in [1.82, 2.24) is 4.98 Å². The van der Waals surface area contributed by atoms with Gasteiger partial charge in [0.1, 0.15) is 22.3 Å². The van der Waals surface area contributed by atoms with E-state index in [0.29, 0.717) is 16.6 Å². The van der Waals surface area contributed by atoms with Crippen molar-refractivity contribution in [3.8, 4) is 0 Å². The van der Waals surface area contributed by atoms with E-state index in [0.717, 1.165) is 12.1 Å². The summed E-state index contributed by atoms with van der Waals surface area (Å²) in [5, 5.41) is 2.96. The van der Waals surface area contributed by atoms with E-state index in [9.17, 15) is 22.0 Å². The van der Waals surface area contributed by atoms with Gasteiger partial charge >= 0.3 is 0 Å². The number of halogens is 3. The van der Waals surface area contributed by atoms with Crippen LogP contribution in [0.5, 0.6) is 0 Å². The third kappa shape index (κ3) is 3.55. The van der Waals surface area contributed by atoms with Crippen LogP contribution in [0.25, 0.3) is 10.9 Å². The Morgan fingerprint density at radius 1 is 0.967 bits per heavy atom. The molecule has 0 spiro atoms. The molecule has 1 amide bonds. The van der Waals surface area contributed by atoms with E-state index in [2.05, 4.69) is 10.3 Å². The highest BCUT2D eigenvalue weighted by molar-refractivity contribution is 7.92. The molecular formula is C21H13ClF2N2O3S. The van der Waals surface area contributed by atoms with Crippen LogP contribution >= 0.6 is 11.6 Å². The number of aromatic amines is 1. The first-order valence-electron chi connectivity index (χ1n) is 8.65. The zero-order chi connectivity index (χ0) is 21.5. The molecule has 3 aromatic carbocycles. The molecule has 0 fully saturated rings. The van der Waals surface area contributed by atoms with Crippen molar-refractivity contribution in [2.45, 2.75) is 9.79 Å². The van der Waals surface area contributed by atoms with Gasteiger partial charge in [-0.05, 0) is 42.5 Å². The predicted octanol–water partition coefficient (Wildman–Crippen LogP) is 5.18. The Balaban J connectivity index is 1.88. The van der Waals surface area contributed by atoms with Crippen LogP contribution < -0.4 is 5.32 Å². The van der Waals surface area contributed by atoms with Gasteiger partial charge in [0, 0.05) is 22.0 Å². The molecule has 0 unspecified atom stereocenters. The molecule has 0 aliphatic rings. The number of H-pyrrole nitrogens is 1. The molecule has 4 aromatic rings. The molecule has 9 heteroatoms. The Kier molecular flexibility index (Phi) is 5.05. The molecule has 4 rings (SSSR count). The lowest BCUT2D eigenvalue weighted by molar-refractivity contribution is 0.102. The first kappa shape index (κ1) is 20.1. The first-order valence-corrected chi connectivity index (χ1v) is 10.5. The summed E-state index contributed by atoms with van der Waals surface area (Å²) in [4.78, 5) is 15.2. The average molecular weight is 447 g/mol. The van der Waals surface area contributed by atoms with Crippen LogP contribution in [0.2, 0.25) is 5.02 Å². The Labute approximate surface area is 175 Å². The summed E-state index contributed by atoms with van der Waals surface area (Å²) in [6.45, 7) is 0. The number of hydrogen-bond donors (Lipinski definition) is 2. The topological polar surface area (TPSA) is 79.0 Å². The molecular weight excluding hydrogens is 434 g/mol. The van der Waals surface area contributed by atoms with Crippen LogP contribution in [0, 0.1) is 11.6 Å². The van der Waals surface area contributed by atoms with Crippen molar-refractivity contribution in [2.75, 3.05) is 5.32 Å². The number of carbonyl (C=O) groups is 1. The second-order valence-corrected chi connectivity index (χ2v) is 8.74. The fraction of sp³-hybridized carbons (Fsp3) is 0. The van der Waals surface area contributed by atoms with E-state index in [-0.39, 0.29) is 21.0 Å². The fourth-order valence-electron chi connectivity index (χ4n) is 3.08. The fourth-order valence-corrected chi connectivity index (χ4v) is 4.83. The number of benzene rings is 3. The van der Waals surface area contributed by atoms with Crippen LogP contribution in [-0.4, -0.2) is 19.3 Å². The minimum atomic E-state index is -4.07. The highest BCUT2D eigenvalue weighted by atomic mass is 35.5. The Morgan fingerprint density at radius 2 is 1.70 bits per heavy atom. The maximum Gasteiger partial charge on any atom is 0.259 e. The number of amides is 1. The summed E-state index contributed by atoms with van der Waals surface area (Å²) in [5.74, 6) is -2.99. The molecule has 30 heavy (non-hydrogen) atoms. The molecule has 152 valence electrons. The van der Waals surface area contributed by atoms with Crippen LogP contribution in [0.4, 0.5) is 14.6 Å². The minimum absolute atomic E-state index is 0.00865. The number of rotatable bonds is 4. The number of sulfone groups is 1. The van der Waals surface area contributed by atoms with Crippen molar-refractivity contribution >= 4 is 44.1 Å². The first-order chi connectivity index (χ1) is 14.3.